The highest BCUT2D eigenvalue weighted by Gasteiger charge is 2.46. The Morgan fingerprint density at radius 3 is 2.68 bits per heavy atom. The van der Waals surface area contributed by atoms with Crippen molar-refractivity contribution in [1.82, 2.24) is 20.0 Å². The fraction of sp³-hybridized carbons (Fsp3) is 0.593. The molecule has 14 heteroatoms. The summed E-state index contributed by atoms with van der Waals surface area (Å²) in [6, 6.07) is 5.35. The van der Waals surface area contributed by atoms with Gasteiger partial charge in [0, 0.05) is 25.6 Å². The van der Waals surface area contributed by atoms with E-state index in [9.17, 15) is 31.2 Å². The first kappa shape index (κ1) is 29.4. The number of hydrogen-bond donors (Lipinski definition) is 2. The fourth-order valence-corrected chi connectivity index (χ4v) is 6.56. The number of alkyl halides is 3. The number of sulfone groups is 1. The first-order chi connectivity index (χ1) is 19.3. The summed E-state index contributed by atoms with van der Waals surface area (Å²) < 4.78 is 67.8. The number of amides is 2. The summed E-state index contributed by atoms with van der Waals surface area (Å²) in [5, 5.41) is 10.5. The van der Waals surface area contributed by atoms with Crippen LogP contribution in [0, 0.1) is 0 Å². The normalized spacial score (nSPS) is 20.6. The molecule has 0 saturated carbocycles. The lowest BCUT2D eigenvalue weighted by molar-refractivity contribution is -0.136. The molecule has 3 aliphatic rings. The van der Waals surface area contributed by atoms with E-state index in [0.29, 0.717) is 43.8 Å². The maximum absolute atomic E-state index is 13.6. The maximum Gasteiger partial charge on any atom is 0.389 e. The van der Waals surface area contributed by atoms with Crippen LogP contribution < -0.4 is 15.4 Å². The van der Waals surface area contributed by atoms with Crippen LogP contribution in [0.1, 0.15) is 59.3 Å². The second-order valence-electron chi connectivity index (χ2n) is 11.2. The molecule has 1 aromatic heterocycles. The van der Waals surface area contributed by atoms with Crippen molar-refractivity contribution in [3.05, 3.63) is 40.6 Å². The number of rotatable bonds is 10. The van der Waals surface area contributed by atoms with Crippen LogP contribution in [0.15, 0.2) is 18.2 Å². The highest BCUT2D eigenvalue weighted by Crippen LogP contribution is 2.44. The standard InChI is InChI=1S/C27H34F3N5O5S/c1-41(38,39)17-22(36)31-24-23-21(33-35(24)13-12-34-10-2-3-11-34)16-26(32-25(23)37)9-7-18-15-19(5-6-20(18)26)40-14-4-8-27(28,29)30/h5-6,15H,2-4,7-14,16-17H2,1H3,(H,31,36)(H,32,37)/t26-/m0/s1. The molecule has 5 rings (SSSR count). The molecule has 0 bridgehead atoms. The molecule has 1 atom stereocenters. The Morgan fingerprint density at radius 2 is 1.98 bits per heavy atom. The number of halogens is 3. The summed E-state index contributed by atoms with van der Waals surface area (Å²) in [7, 11) is -3.58. The number of fused-ring (bicyclic) bond motifs is 3. The summed E-state index contributed by atoms with van der Waals surface area (Å²) in [4.78, 5) is 28.4. The lowest BCUT2D eigenvalue weighted by Crippen LogP contribution is -2.49. The van der Waals surface area contributed by atoms with Crippen LogP contribution in [-0.4, -0.2) is 79.3 Å². The summed E-state index contributed by atoms with van der Waals surface area (Å²) in [6.07, 6.45) is -0.457. The lowest BCUT2D eigenvalue weighted by Gasteiger charge is -2.35. The van der Waals surface area contributed by atoms with E-state index in [1.807, 2.05) is 12.1 Å². The van der Waals surface area contributed by atoms with Crippen molar-refractivity contribution in [2.45, 2.75) is 63.2 Å². The quantitative estimate of drug-likeness (QED) is 0.404. The third kappa shape index (κ3) is 6.85. The number of likely N-dealkylation sites (tertiary alicyclic amines) is 1. The molecule has 2 amide bonds. The largest absolute Gasteiger partial charge is 0.494 e. The van der Waals surface area contributed by atoms with E-state index in [-0.39, 0.29) is 24.4 Å². The van der Waals surface area contributed by atoms with E-state index in [1.54, 1.807) is 10.7 Å². The molecule has 2 N–H and O–H groups in total. The lowest BCUT2D eigenvalue weighted by atomic mass is 9.82. The van der Waals surface area contributed by atoms with Gasteiger partial charge in [0.25, 0.3) is 5.91 Å². The Hall–Kier alpha value is -3.13. The molecule has 1 spiro atoms. The van der Waals surface area contributed by atoms with Crippen LogP contribution in [-0.2, 0) is 39.6 Å². The number of nitrogens with zero attached hydrogens (tertiary/aromatic N) is 3. The number of aromatic nitrogens is 2. The minimum Gasteiger partial charge on any atom is -0.494 e. The predicted molar refractivity (Wildman–Crippen MR) is 145 cm³/mol. The number of benzene rings is 1. The van der Waals surface area contributed by atoms with Crippen LogP contribution >= 0.6 is 0 Å². The molecule has 0 unspecified atom stereocenters. The van der Waals surface area contributed by atoms with Crippen LogP contribution in [0.3, 0.4) is 0 Å². The average Bonchev–Trinajstić information content (AvgIpc) is 3.58. The zero-order valence-electron chi connectivity index (χ0n) is 22.8. The summed E-state index contributed by atoms with van der Waals surface area (Å²) in [5.74, 6) is -1.18. The molecule has 2 aromatic rings. The average molecular weight is 598 g/mol. The number of anilines is 1. The number of carbonyl (C=O) groups is 2. The number of ether oxygens (including phenoxy) is 1. The van der Waals surface area contributed by atoms with Crippen LogP contribution in [0.2, 0.25) is 0 Å². The van der Waals surface area contributed by atoms with Gasteiger partial charge in [0.05, 0.1) is 24.4 Å². The van der Waals surface area contributed by atoms with E-state index in [4.69, 9.17) is 9.84 Å². The van der Waals surface area contributed by atoms with Crippen molar-refractivity contribution in [2.24, 2.45) is 0 Å². The predicted octanol–water partition coefficient (Wildman–Crippen LogP) is 2.81. The molecule has 1 fully saturated rings. The minimum atomic E-state index is -4.22. The molecule has 3 heterocycles. The zero-order chi connectivity index (χ0) is 29.4. The van der Waals surface area contributed by atoms with E-state index in [0.717, 1.165) is 43.3 Å². The smallest absolute Gasteiger partial charge is 0.389 e. The number of aryl methyl sites for hydroxylation is 1. The Balaban J connectivity index is 1.37. The number of nitrogens with one attached hydrogen (secondary N) is 2. The van der Waals surface area contributed by atoms with E-state index in [1.165, 1.54) is 0 Å². The van der Waals surface area contributed by atoms with Crippen molar-refractivity contribution >= 4 is 27.5 Å². The Kier molecular flexibility index (Phi) is 8.07. The van der Waals surface area contributed by atoms with Crippen molar-refractivity contribution < 1.29 is 35.9 Å². The topological polar surface area (TPSA) is 123 Å². The third-order valence-corrected chi connectivity index (χ3v) is 8.63. The molecule has 2 aliphatic heterocycles. The van der Waals surface area contributed by atoms with Crippen LogP contribution in [0.25, 0.3) is 0 Å². The third-order valence-electron chi connectivity index (χ3n) is 7.84. The fourth-order valence-electron chi connectivity index (χ4n) is 6.01. The highest BCUT2D eigenvalue weighted by atomic mass is 32.2. The van der Waals surface area contributed by atoms with Crippen molar-refractivity contribution in [3.8, 4) is 5.75 Å². The first-order valence-electron chi connectivity index (χ1n) is 13.8. The van der Waals surface area contributed by atoms with Gasteiger partial charge in [0.15, 0.2) is 9.84 Å². The SMILES string of the molecule is CS(=O)(=O)CC(=O)Nc1c2c(nn1CCN1CCCC1)C[C@]1(CCc3cc(OCCCC(F)(F)F)ccc31)NC2=O. The molecule has 1 aliphatic carbocycles. The van der Waals surface area contributed by atoms with Crippen LogP contribution in [0.5, 0.6) is 5.75 Å². The summed E-state index contributed by atoms with van der Waals surface area (Å²) >= 11 is 0. The van der Waals surface area contributed by atoms with Gasteiger partial charge < -0.3 is 20.3 Å². The van der Waals surface area contributed by atoms with Gasteiger partial charge in [-0.15, -0.1) is 0 Å². The molecular formula is C27H34F3N5O5S. The Bertz CT molecular complexity index is 1440. The van der Waals surface area contributed by atoms with Gasteiger partial charge in [-0.05, 0) is 68.5 Å². The van der Waals surface area contributed by atoms with Gasteiger partial charge in [0.2, 0.25) is 5.91 Å². The summed E-state index contributed by atoms with van der Waals surface area (Å²) in [6.45, 7) is 2.98. The van der Waals surface area contributed by atoms with E-state index in [2.05, 4.69) is 15.5 Å². The summed E-state index contributed by atoms with van der Waals surface area (Å²) in [5.41, 5.74) is 1.86. The van der Waals surface area contributed by atoms with Crippen molar-refractivity contribution in [1.29, 1.82) is 0 Å². The van der Waals surface area contributed by atoms with Gasteiger partial charge in [0.1, 0.15) is 22.9 Å². The Morgan fingerprint density at radius 1 is 1.22 bits per heavy atom. The monoisotopic (exact) mass is 597 g/mol. The highest BCUT2D eigenvalue weighted by molar-refractivity contribution is 7.91. The number of hydrogen-bond acceptors (Lipinski definition) is 7. The van der Waals surface area contributed by atoms with Crippen LogP contribution in [0.4, 0.5) is 19.0 Å². The molecule has 224 valence electrons. The molecule has 1 saturated heterocycles. The van der Waals surface area contributed by atoms with Gasteiger partial charge >= 0.3 is 6.18 Å². The first-order valence-corrected chi connectivity index (χ1v) is 15.8. The van der Waals surface area contributed by atoms with E-state index >= 15 is 0 Å². The van der Waals surface area contributed by atoms with Crippen molar-refractivity contribution in [2.75, 3.05) is 43.6 Å². The maximum atomic E-state index is 13.6. The molecule has 10 nitrogen and oxygen atoms in total. The van der Waals surface area contributed by atoms with E-state index < -0.39 is 45.5 Å². The zero-order valence-corrected chi connectivity index (χ0v) is 23.7. The minimum absolute atomic E-state index is 0.0494. The molecule has 0 radical (unpaired) electrons. The number of carbonyl (C=O) groups excluding carboxylic acids is 2. The molecule has 41 heavy (non-hydrogen) atoms. The van der Waals surface area contributed by atoms with Gasteiger partial charge in [-0.3, -0.25) is 9.59 Å². The van der Waals surface area contributed by atoms with Crippen molar-refractivity contribution in [3.63, 3.8) is 0 Å². The van der Waals surface area contributed by atoms with Gasteiger partial charge in [-0.1, -0.05) is 6.07 Å². The second-order valence-corrected chi connectivity index (χ2v) is 13.3. The van der Waals surface area contributed by atoms with Gasteiger partial charge in [-0.2, -0.15) is 18.3 Å². The second kappa shape index (κ2) is 11.3. The molecular weight excluding hydrogens is 563 g/mol. The molecule has 1 aromatic carbocycles. The van der Waals surface area contributed by atoms with Gasteiger partial charge in [-0.25, -0.2) is 13.1 Å². The Labute approximate surface area is 236 Å².